The molecular weight excluding hydrogens is 400 g/mol. The molecule has 0 radical (unpaired) electrons. The zero-order valence-corrected chi connectivity index (χ0v) is 17.2. The number of carbonyl (C=O) groups is 2. The van der Waals surface area contributed by atoms with E-state index < -0.39 is 11.7 Å². The second kappa shape index (κ2) is 9.26. The molecule has 2 amide bonds. The maximum absolute atomic E-state index is 12.4. The van der Waals surface area contributed by atoms with Crippen LogP contribution in [0, 0.1) is 5.92 Å². The summed E-state index contributed by atoms with van der Waals surface area (Å²) in [5.74, 6) is 0.853. The van der Waals surface area contributed by atoms with Crippen LogP contribution in [0.1, 0.15) is 33.6 Å². The lowest BCUT2D eigenvalue weighted by atomic mass is 9.98. The van der Waals surface area contributed by atoms with Crippen molar-refractivity contribution >= 4 is 27.9 Å². The number of halogens is 1. The average molecular weight is 427 g/mol. The zero-order valence-electron chi connectivity index (χ0n) is 15.6. The zero-order chi connectivity index (χ0) is 19.2. The average Bonchev–Trinajstić information content (AvgIpc) is 2.57. The van der Waals surface area contributed by atoms with E-state index in [9.17, 15) is 9.59 Å². The molecule has 0 saturated carbocycles. The lowest BCUT2D eigenvalue weighted by Crippen LogP contribution is -2.45. The van der Waals surface area contributed by atoms with Gasteiger partial charge in [-0.25, -0.2) is 4.79 Å². The molecule has 144 valence electrons. The number of carbonyl (C=O) groups excluding carboxylic acids is 2. The number of amides is 2. The highest BCUT2D eigenvalue weighted by Crippen LogP contribution is 2.19. The van der Waals surface area contributed by atoms with Gasteiger partial charge in [-0.3, -0.25) is 4.79 Å². The van der Waals surface area contributed by atoms with Crippen molar-refractivity contribution in [2.24, 2.45) is 5.92 Å². The quantitative estimate of drug-likeness (QED) is 0.780. The van der Waals surface area contributed by atoms with Crippen molar-refractivity contribution in [1.29, 1.82) is 0 Å². The molecule has 26 heavy (non-hydrogen) atoms. The van der Waals surface area contributed by atoms with Crippen molar-refractivity contribution in [1.82, 2.24) is 10.2 Å². The SMILES string of the molecule is CC(C)(C)OC(=O)NCC1CCCN(C(=O)COc2cccc(Br)c2)C1. The van der Waals surface area contributed by atoms with Crippen LogP contribution in [0.3, 0.4) is 0 Å². The number of rotatable bonds is 5. The maximum atomic E-state index is 12.4. The first-order valence-corrected chi connectivity index (χ1v) is 9.65. The van der Waals surface area contributed by atoms with Gasteiger partial charge in [0, 0.05) is 24.1 Å². The molecule has 0 bridgehead atoms. The maximum Gasteiger partial charge on any atom is 0.407 e. The van der Waals surface area contributed by atoms with Crippen LogP contribution in [0.2, 0.25) is 0 Å². The molecule has 0 spiro atoms. The van der Waals surface area contributed by atoms with Gasteiger partial charge in [0.2, 0.25) is 0 Å². The topological polar surface area (TPSA) is 67.9 Å². The fourth-order valence-electron chi connectivity index (χ4n) is 2.79. The first-order valence-electron chi connectivity index (χ1n) is 8.86. The third-order valence-electron chi connectivity index (χ3n) is 3.96. The second-order valence-corrected chi connectivity index (χ2v) is 8.39. The summed E-state index contributed by atoms with van der Waals surface area (Å²) in [6.45, 7) is 7.37. The van der Waals surface area contributed by atoms with Gasteiger partial charge in [-0.15, -0.1) is 0 Å². The van der Waals surface area contributed by atoms with Crippen LogP contribution < -0.4 is 10.1 Å². The Labute approximate surface area is 163 Å². The van der Waals surface area contributed by atoms with Crippen molar-refractivity contribution < 1.29 is 19.1 Å². The summed E-state index contributed by atoms with van der Waals surface area (Å²) in [6, 6.07) is 7.42. The van der Waals surface area contributed by atoms with E-state index in [1.807, 2.05) is 49.9 Å². The second-order valence-electron chi connectivity index (χ2n) is 7.48. The highest BCUT2D eigenvalue weighted by Gasteiger charge is 2.25. The monoisotopic (exact) mass is 426 g/mol. The standard InChI is InChI=1S/C19H27BrN2O4/c1-19(2,3)26-18(24)21-11-14-6-5-9-22(12-14)17(23)13-25-16-8-4-7-15(20)10-16/h4,7-8,10,14H,5-6,9,11-13H2,1-3H3,(H,21,24). The number of likely N-dealkylation sites (tertiary alicyclic amines) is 1. The normalized spacial score (nSPS) is 17.5. The van der Waals surface area contributed by atoms with E-state index in [0.717, 1.165) is 23.9 Å². The molecule has 7 heteroatoms. The van der Waals surface area contributed by atoms with Crippen LogP contribution in [0.4, 0.5) is 4.79 Å². The first kappa shape index (κ1) is 20.6. The van der Waals surface area contributed by atoms with Gasteiger partial charge < -0.3 is 19.7 Å². The Morgan fingerprint density at radius 2 is 2.12 bits per heavy atom. The van der Waals surface area contributed by atoms with Gasteiger partial charge in [-0.1, -0.05) is 22.0 Å². The van der Waals surface area contributed by atoms with E-state index in [0.29, 0.717) is 18.8 Å². The van der Waals surface area contributed by atoms with Crippen LogP contribution in [0.5, 0.6) is 5.75 Å². The van der Waals surface area contributed by atoms with Crippen molar-refractivity contribution in [3.8, 4) is 5.75 Å². The highest BCUT2D eigenvalue weighted by atomic mass is 79.9. The summed E-state index contributed by atoms with van der Waals surface area (Å²) in [7, 11) is 0. The number of alkyl carbamates (subject to hydrolysis) is 1. The van der Waals surface area contributed by atoms with Crippen LogP contribution in [0.15, 0.2) is 28.7 Å². The summed E-state index contributed by atoms with van der Waals surface area (Å²) in [5.41, 5.74) is -0.511. The predicted octanol–water partition coefficient (Wildman–Crippen LogP) is 3.59. The number of hydrogen-bond donors (Lipinski definition) is 1. The number of piperidine rings is 1. The molecule has 1 N–H and O–H groups in total. The molecule has 0 aliphatic carbocycles. The number of hydrogen-bond acceptors (Lipinski definition) is 4. The van der Waals surface area contributed by atoms with E-state index in [2.05, 4.69) is 21.2 Å². The molecule has 2 rings (SSSR count). The summed E-state index contributed by atoms with van der Waals surface area (Å²) in [5, 5.41) is 2.80. The molecule has 1 aromatic carbocycles. The van der Waals surface area contributed by atoms with Gasteiger partial charge in [0.1, 0.15) is 11.4 Å². The van der Waals surface area contributed by atoms with Gasteiger partial charge in [0.05, 0.1) is 0 Å². The lowest BCUT2D eigenvalue weighted by molar-refractivity contribution is -0.135. The molecule has 1 aliphatic heterocycles. The third kappa shape index (κ3) is 7.23. The molecule has 6 nitrogen and oxygen atoms in total. The smallest absolute Gasteiger partial charge is 0.407 e. The van der Waals surface area contributed by atoms with Gasteiger partial charge in [0.15, 0.2) is 6.61 Å². The van der Waals surface area contributed by atoms with E-state index >= 15 is 0 Å². The molecule has 1 unspecified atom stereocenters. The minimum Gasteiger partial charge on any atom is -0.484 e. The Morgan fingerprint density at radius 1 is 1.35 bits per heavy atom. The molecule has 1 fully saturated rings. The lowest BCUT2D eigenvalue weighted by Gasteiger charge is -2.33. The summed E-state index contributed by atoms with van der Waals surface area (Å²) >= 11 is 3.38. The van der Waals surface area contributed by atoms with Crippen molar-refractivity contribution in [3.05, 3.63) is 28.7 Å². The van der Waals surface area contributed by atoms with Gasteiger partial charge >= 0.3 is 6.09 Å². The fourth-order valence-corrected chi connectivity index (χ4v) is 3.17. The number of ether oxygens (including phenoxy) is 2. The Balaban J connectivity index is 1.76. The molecule has 1 aromatic rings. The third-order valence-corrected chi connectivity index (χ3v) is 4.46. The van der Waals surface area contributed by atoms with Crippen LogP contribution >= 0.6 is 15.9 Å². The van der Waals surface area contributed by atoms with E-state index in [1.165, 1.54) is 0 Å². The van der Waals surface area contributed by atoms with Crippen LogP contribution in [-0.2, 0) is 9.53 Å². The van der Waals surface area contributed by atoms with E-state index in [-0.39, 0.29) is 18.4 Å². The molecule has 1 atom stereocenters. The van der Waals surface area contributed by atoms with Crippen molar-refractivity contribution in [3.63, 3.8) is 0 Å². The van der Waals surface area contributed by atoms with Gasteiger partial charge in [0.25, 0.3) is 5.91 Å². The van der Waals surface area contributed by atoms with Crippen LogP contribution in [-0.4, -0.2) is 48.7 Å². The largest absolute Gasteiger partial charge is 0.484 e. The highest BCUT2D eigenvalue weighted by molar-refractivity contribution is 9.10. The minimum atomic E-state index is -0.511. The molecule has 1 heterocycles. The first-order chi connectivity index (χ1) is 12.2. The minimum absolute atomic E-state index is 0.0165. The summed E-state index contributed by atoms with van der Waals surface area (Å²) in [6.07, 6.45) is 1.48. The fraction of sp³-hybridized carbons (Fsp3) is 0.579. The number of nitrogens with zero attached hydrogens (tertiary/aromatic N) is 1. The molecule has 1 aliphatic rings. The van der Waals surface area contributed by atoms with Crippen molar-refractivity contribution in [2.45, 2.75) is 39.2 Å². The molecule has 0 aromatic heterocycles. The van der Waals surface area contributed by atoms with Crippen LogP contribution in [0.25, 0.3) is 0 Å². The van der Waals surface area contributed by atoms with Crippen molar-refractivity contribution in [2.75, 3.05) is 26.2 Å². The molecule has 1 saturated heterocycles. The Hall–Kier alpha value is -1.76. The Morgan fingerprint density at radius 3 is 2.81 bits per heavy atom. The Bertz CT molecular complexity index is 630. The number of nitrogens with one attached hydrogen (secondary N) is 1. The molecular formula is C19H27BrN2O4. The van der Waals surface area contributed by atoms with Gasteiger partial charge in [-0.2, -0.15) is 0 Å². The van der Waals surface area contributed by atoms with E-state index in [1.54, 1.807) is 0 Å². The number of benzene rings is 1. The Kier molecular flexibility index (Phi) is 7.32. The van der Waals surface area contributed by atoms with Gasteiger partial charge in [-0.05, 0) is 57.7 Å². The summed E-state index contributed by atoms with van der Waals surface area (Å²) in [4.78, 5) is 26.0. The van der Waals surface area contributed by atoms with E-state index in [4.69, 9.17) is 9.47 Å². The predicted molar refractivity (Wildman–Crippen MR) is 103 cm³/mol. The summed E-state index contributed by atoms with van der Waals surface area (Å²) < 4.78 is 11.7.